The number of ether oxygens (including phenoxy) is 3. The van der Waals surface area contributed by atoms with Gasteiger partial charge in [-0.2, -0.15) is 5.26 Å². The Hall–Kier alpha value is -3.52. The number of carbonyl (C=O) groups excluding carboxylic acids is 1. The van der Waals surface area contributed by atoms with Crippen LogP contribution in [0.3, 0.4) is 0 Å². The van der Waals surface area contributed by atoms with Crippen molar-refractivity contribution in [2.45, 2.75) is 13.2 Å². The van der Waals surface area contributed by atoms with Crippen molar-refractivity contribution in [1.82, 2.24) is 0 Å². The third-order valence-corrected chi connectivity index (χ3v) is 7.24. The lowest BCUT2D eigenvalue weighted by molar-refractivity contribution is -0.112. The number of anilines is 1. The summed E-state index contributed by atoms with van der Waals surface area (Å²) in [6.45, 7) is 0.756. The minimum Gasteiger partial charge on any atom is -0.493 e. The molecular formula is C31H23BrClIN2O4. The molecular weight excluding hydrogens is 707 g/mol. The molecule has 6 nitrogen and oxygen atoms in total. The highest BCUT2D eigenvalue weighted by atomic mass is 127. The van der Waals surface area contributed by atoms with Gasteiger partial charge in [-0.3, -0.25) is 4.79 Å². The van der Waals surface area contributed by atoms with Crippen molar-refractivity contribution in [3.63, 3.8) is 0 Å². The number of halogens is 3. The fourth-order valence-electron chi connectivity index (χ4n) is 3.59. The predicted molar refractivity (Wildman–Crippen MR) is 169 cm³/mol. The number of amides is 1. The zero-order valence-corrected chi connectivity index (χ0v) is 25.8. The van der Waals surface area contributed by atoms with E-state index < -0.39 is 5.91 Å². The summed E-state index contributed by atoms with van der Waals surface area (Å²) in [5, 5.41) is 13.1. The van der Waals surface area contributed by atoms with Gasteiger partial charge in [0.2, 0.25) is 0 Å². The summed E-state index contributed by atoms with van der Waals surface area (Å²) in [4.78, 5) is 12.9. The lowest BCUT2D eigenvalue weighted by Crippen LogP contribution is -2.13. The number of hydrogen-bond donors (Lipinski definition) is 1. The van der Waals surface area contributed by atoms with Crippen LogP contribution in [0.25, 0.3) is 6.08 Å². The van der Waals surface area contributed by atoms with E-state index in [1.54, 1.807) is 42.5 Å². The minimum atomic E-state index is -0.525. The normalized spacial score (nSPS) is 10.9. The molecule has 9 heteroatoms. The van der Waals surface area contributed by atoms with Gasteiger partial charge in [0, 0.05) is 15.2 Å². The Bertz CT molecular complexity index is 1550. The van der Waals surface area contributed by atoms with Gasteiger partial charge in [-0.25, -0.2) is 0 Å². The van der Waals surface area contributed by atoms with Gasteiger partial charge in [-0.15, -0.1) is 0 Å². The lowest BCUT2D eigenvalue weighted by atomic mass is 10.1. The molecule has 0 spiro atoms. The first-order valence-corrected chi connectivity index (χ1v) is 14.2. The summed E-state index contributed by atoms with van der Waals surface area (Å²) < 4.78 is 19.1. The molecule has 1 N–H and O–H groups in total. The van der Waals surface area contributed by atoms with Gasteiger partial charge in [0.1, 0.15) is 30.6 Å². The van der Waals surface area contributed by atoms with E-state index in [9.17, 15) is 10.1 Å². The SMILES string of the molecule is COc1cc(/C=C(\C#N)C(=O)Nc2ccc(OCc3ccc(Br)cc3)cc2)cc(I)c1OCc1ccc(Cl)cc1. The van der Waals surface area contributed by atoms with Crippen molar-refractivity contribution in [3.05, 3.63) is 120 Å². The Morgan fingerprint density at radius 1 is 0.975 bits per heavy atom. The Morgan fingerprint density at radius 3 is 2.23 bits per heavy atom. The molecule has 0 saturated carbocycles. The van der Waals surface area contributed by atoms with Crippen molar-refractivity contribution in [2.75, 3.05) is 12.4 Å². The average molecular weight is 730 g/mol. The molecule has 0 radical (unpaired) electrons. The third kappa shape index (κ3) is 8.24. The molecule has 0 aromatic heterocycles. The van der Waals surface area contributed by atoms with E-state index in [1.165, 1.54) is 13.2 Å². The van der Waals surface area contributed by atoms with Gasteiger partial charge in [0.05, 0.1) is 10.7 Å². The van der Waals surface area contributed by atoms with E-state index in [0.717, 1.165) is 19.2 Å². The fourth-order valence-corrected chi connectivity index (χ4v) is 4.77. The van der Waals surface area contributed by atoms with Crippen LogP contribution < -0.4 is 19.5 Å². The molecule has 0 heterocycles. The van der Waals surface area contributed by atoms with E-state index >= 15 is 0 Å². The monoisotopic (exact) mass is 728 g/mol. The molecule has 0 aliphatic heterocycles. The standard InChI is InChI=1S/C31H23BrClIN2O4/c1-38-29-16-22(15-28(34)30(29)40-19-21-4-8-25(33)9-5-21)14-23(17-35)31(37)36-26-10-12-27(13-11-26)39-18-20-2-6-24(32)7-3-20/h2-16H,18-19H2,1H3,(H,36,37)/b23-14+. The highest BCUT2D eigenvalue weighted by molar-refractivity contribution is 14.1. The largest absolute Gasteiger partial charge is 0.493 e. The van der Waals surface area contributed by atoms with Crippen LogP contribution in [0.2, 0.25) is 5.02 Å². The first-order valence-electron chi connectivity index (χ1n) is 12.0. The summed E-state index contributed by atoms with van der Waals surface area (Å²) in [5.41, 5.74) is 3.11. The number of rotatable bonds is 10. The maximum absolute atomic E-state index is 12.9. The maximum Gasteiger partial charge on any atom is 0.266 e. The smallest absolute Gasteiger partial charge is 0.266 e. The number of nitriles is 1. The van der Waals surface area contributed by atoms with Crippen molar-refractivity contribution in [1.29, 1.82) is 5.26 Å². The molecule has 0 aliphatic rings. The molecule has 0 aliphatic carbocycles. The van der Waals surface area contributed by atoms with Gasteiger partial charge < -0.3 is 19.5 Å². The molecule has 4 aromatic carbocycles. The lowest BCUT2D eigenvalue weighted by Gasteiger charge is -2.14. The van der Waals surface area contributed by atoms with E-state index in [2.05, 4.69) is 43.8 Å². The first-order chi connectivity index (χ1) is 19.3. The fraction of sp³-hybridized carbons (Fsp3) is 0.0968. The second-order valence-corrected chi connectivity index (χ2v) is 11.0. The zero-order valence-electron chi connectivity index (χ0n) is 21.3. The average Bonchev–Trinajstić information content (AvgIpc) is 2.96. The zero-order chi connectivity index (χ0) is 28.5. The van der Waals surface area contributed by atoms with Crippen LogP contribution in [0.5, 0.6) is 17.2 Å². The van der Waals surface area contributed by atoms with Gasteiger partial charge in [-0.1, -0.05) is 51.8 Å². The van der Waals surface area contributed by atoms with Crippen LogP contribution in [0.1, 0.15) is 16.7 Å². The number of carbonyl (C=O) groups is 1. The van der Waals surface area contributed by atoms with E-state index in [4.69, 9.17) is 25.8 Å². The van der Waals surface area contributed by atoms with Crippen molar-refractivity contribution in [3.8, 4) is 23.3 Å². The minimum absolute atomic E-state index is 0.0525. The van der Waals surface area contributed by atoms with Crippen LogP contribution >= 0.6 is 50.1 Å². The number of nitrogens with one attached hydrogen (secondary N) is 1. The number of benzene rings is 4. The van der Waals surface area contributed by atoms with E-state index in [1.807, 2.05) is 48.5 Å². The number of hydrogen-bond acceptors (Lipinski definition) is 5. The van der Waals surface area contributed by atoms with Crippen LogP contribution in [0.15, 0.2) is 95.0 Å². The summed E-state index contributed by atoms with van der Waals surface area (Å²) in [6, 6.07) is 27.8. The van der Waals surface area contributed by atoms with Crippen LogP contribution in [0, 0.1) is 14.9 Å². The van der Waals surface area contributed by atoms with Crippen LogP contribution in [-0.4, -0.2) is 13.0 Å². The number of nitrogens with zero attached hydrogens (tertiary/aromatic N) is 1. The van der Waals surface area contributed by atoms with Gasteiger partial charge in [0.15, 0.2) is 11.5 Å². The quantitative estimate of drug-likeness (QED) is 0.101. The van der Waals surface area contributed by atoms with Gasteiger partial charge in [0.25, 0.3) is 5.91 Å². The molecule has 0 atom stereocenters. The molecule has 4 rings (SSSR count). The molecule has 0 bridgehead atoms. The molecule has 0 saturated heterocycles. The van der Waals surface area contributed by atoms with E-state index in [-0.39, 0.29) is 5.57 Å². The summed E-state index contributed by atoms with van der Waals surface area (Å²) in [6.07, 6.45) is 1.51. The van der Waals surface area contributed by atoms with Crippen molar-refractivity contribution >= 4 is 67.8 Å². The first kappa shape index (κ1) is 29.5. The summed E-state index contributed by atoms with van der Waals surface area (Å²) >= 11 is 11.5. The van der Waals surface area contributed by atoms with Crippen LogP contribution in [-0.2, 0) is 18.0 Å². The molecule has 40 heavy (non-hydrogen) atoms. The van der Waals surface area contributed by atoms with Gasteiger partial charge >= 0.3 is 0 Å². The Kier molecular flexibility index (Phi) is 10.5. The second kappa shape index (κ2) is 14.2. The highest BCUT2D eigenvalue weighted by Gasteiger charge is 2.14. The molecule has 0 fully saturated rings. The summed E-state index contributed by atoms with van der Waals surface area (Å²) in [7, 11) is 1.54. The summed E-state index contributed by atoms with van der Waals surface area (Å²) in [5.74, 6) is 1.20. The molecule has 202 valence electrons. The molecule has 1 amide bonds. The maximum atomic E-state index is 12.9. The predicted octanol–water partition coefficient (Wildman–Crippen LogP) is 8.42. The number of methoxy groups -OCH3 is 1. The van der Waals surface area contributed by atoms with Crippen LogP contribution in [0.4, 0.5) is 5.69 Å². The Balaban J connectivity index is 1.41. The molecule has 4 aromatic rings. The Morgan fingerprint density at radius 2 is 1.60 bits per heavy atom. The highest BCUT2D eigenvalue weighted by Crippen LogP contribution is 2.35. The Labute approximate surface area is 259 Å². The van der Waals surface area contributed by atoms with Gasteiger partial charge in [-0.05, 0) is 106 Å². The van der Waals surface area contributed by atoms with E-state index in [0.29, 0.717) is 46.7 Å². The topological polar surface area (TPSA) is 80.6 Å². The van der Waals surface area contributed by atoms with Crippen molar-refractivity contribution in [2.24, 2.45) is 0 Å². The second-order valence-electron chi connectivity index (χ2n) is 8.51. The third-order valence-electron chi connectivity index (χ3n) is 5.66. The van der Waals surface area contributed by atoms with Crippen molar-refractivity contribution < 1.29 is 19.0 Å². The molecule has 0 unspecified atom stereocenters.